The minimum atomic E-state index is -1.26. The molecule has 110 valence electrons. The molecule has 3 unspecified atom stereocenters. The molecule has 2 N–H and O–H groups in total. The predicted octanol–water partition coefficient (Wildman–Crippen LogP) is 0.295. The van der Waals surface area contributed by atoms with E-state index in [2.05, 4.69) is 5.32 Å². The number of carboxylic acid groups (broad SMARTS) is 1. The number of hydrogen-bond acceptors (Lipinski definition) is 4. The number of carbonyl (C=O) groups is 2. The lowest BCUT2D eigenvalue weighted by atomic mass is 10.00. The average Bonchev–Trinajstić information content (AvgIpc) is 2.81. The number of carboxylic acids is 1. The Morgan fingerprint density at radius 2 is 1.79 bits per heavy atom. The molecule has 1 heterocycles. The van der Waals surface area contributed by atoms with Crippen molar-refractivity contribution in [3.63, 3.8) is 0 Å². The van der Waals surface area contributed by atoms with Crippen molar-refractivity contribution in [2.45, 2.75) is 38.0 Å². The summed E-state index contributed by atoms with van der Waals surface area (Å²) < 4.78 is 10.5. The van der Waals surface area contributed by atoms with Crippen molar-refractivity contribution >= 4 is 12.0 Å². The van der Waals surface area contributed by atoms with Crippen LogP contribution in [0.1, 0.15) is 20.3 Å². The number of aliphatic carboxylic acids is 1. The Balaban J connectivity index is 2.67. The standard InChI is InChI=1S/C12H22N2O5/c1-5-12(2,10(15)16)13-11(17)14-6-8(18-3)9(7-14)19-4/h8-9H,5-7H2,1-4H3,(H,13,17)(H,15,16). The van der Waals surface area contributed by atoms with Gasteiger partial charge in [0.25, 0.3) is 0 Å². The van der Waals surface area contributed by atoms with Crippen molar-refractivity contribution in [1.29, 1.82) is 0 Å². The van der Waals surface area contributed by atoms with Gasteiger partial charge in [-0.2, -0.15) is 0 Å². The fourth-order valence-corrected chi connectivity index (χ4v) is 1.97. The Morgan fingerprint density at radius 3 is 2.11 bits per heavy atom. The molecule has 1 aliphatic rings. The van der Waals surface area contributed by atoms with Gasteiger partial charge in [-0.15, -0.1) is 0 Å². The maximum Gasteiger partial charge on any atom is 0.329 e. The number of likely N-dealkylation sites (tertiary alicyclic amines) is 1. The Morgan fingerprint density at radius 1 is 1.32 bits per heavy atom. The fourth-order valence-electron chi connectivity index (χ4n) is 1.97. The van der Waals surface area contributed by atoms with Crippen LogP contribution in [0.15, 0.2) is 0 Å². The van der Waals surface area contributed by atoms with E-state index in [0.29, 0.717) is 19.5 Å². The monoisotopic (exact) mass is 274 g/mol. The molecular weight excluding hydrogens is 252 g/mol. The highest BCUT2D eigenvalue weighted by Gasteiger charge is 2.39. The van der Waals surface area contributed by atoms with Gasteiger partial charge in [-0.1, -0.05) is 6.92 Å². The van der Waals surface area contributed by atoms with Crippen molar-refractivity contribution in [2.24, 2.45) is 0 Å². The molecule has 0 bridgehead atoms. The van der Waals surface area contributed by atoms with Crippen LogP contribution in [0.25, 0.3) is 0 Å². The van der Waals surface area contributed by atoms with Gasteiger partial charge in [-0.25, -0.2) is 9.59 Å². The first-order valence-corrected chi connectivity index (χ1v) is 6.24. The third-order valence-electron chi connectivity index (χ3n) is 3.67. The van der Waals surface area contributed by atoms with Gasteiger partial charge in [0.15, 0.2) is 0 Å². The molecule has 0 aromatic rings. The van der Waals surface area contributed by atoms with E-state index in [4.69, 9.17) is 14.6 Å². The molecular formula is C12H22N2O5. The van der Waals surface area contributed by atoms with Gasteiger partial charge < -0.3 is 24.8 Å². The summed E-state index contributed by atoms with van der Waals surface area (Å²) in [6.45, 7) is 3.99. The number of amides is 2. The number of nitrogens with one attached hydrogen (secondary N) is 1. The van der Waals surface area contributed by atoms with Crippen molar-refractivity contribution in [1.82, 2.24) is 10.2 Å². The number of carbonyl (C=O) groups excluding carboxylic acids is 1. The number of hydrogen-bond donors (Lipinski definition) is 2. The first-order chi connectivity index (χ1) is 8.87. The van der Waals surface area contributed by atoms with Gasteiger partial charge in [0, 0.05) is 14.2 Å². The van der Waals surface area contributed by atoms with Gasteiger partial charge >= 0.3 is 12.0 Å². The highest BCUT2D eigenvalue weighted by atomic mass is 16.5. The van der Waals surface area contributed by atoms with Crippen LogP contribution in [0.2, 0.25) is 0 Å². The van der Waals surface area contributed by atoms with Gasteiger partial charge in [-0.05, 0) is 13.3 Å². The van der Waals surface area contributed by atoms with E-state index < -0.39 is 17.5 Å². The van der Waals surface area contributed by atoms with E-state index in [0.717, 1.165) is 0 Å². The smallest absolute Gasteiger partial charge is 0.329 e. The maximum atomic E-state index is 12.1. The van der Waals surface area contributed by atoms with Crippen LogP contribution < -0.4 is 5.32 Å². The second kappa shape index (κ2) is 6.21. The number of urea groups is 1. The zero-order chi connectivity index (χ0) is 14.6. The van der Waals surface area contributed by atoms with E-state index in [9.17, 15) is 9.59 Å². The molecule has 0 spiro atoms. The zero-order valence-corrected chi connectivity index (χ0v) is 11.8. The lowest BCUT2D eigenvalue weighted by Gasteiger charge is -2.27. The number of rotatable bonds is 5. The molecule has 1 rings (SSSR count). The average molecular weight is 274 g/mol. The lowest BCUT2D eigenvalue weighted by Crippen LogP contribution is -2.55. The summed E-state index contributed by atoms with van der Waals surface area (Å²) in [4.78, 5) is 24.8. The van der Waals surface area contributed by atoms with Crippen LogP contribution in [-0.4, -0.2) is 67.1 Å². The fraction of sp³-hybridized carbons (Fsp3) is 0.833. The van der Waals surface area contributed by atoms with Crippen LogP contribution in [0.5, 0.6) is 0 Å². The lowest BCUT2D eigenvalue weighted by molar-refractivity contribution is -0.143. The van der Waals surface area contributed by atoms with Gasteiger partial charge in [0.05, 0.1) is 13.1 Å². The van der Waals surface area contributed by atoms with Crippen LogP contribution in [-0.2, 0) is 14.3 Å². The Bertz CT molecular complexity index is 337. The third kappa shape index (κ3) is 3.36. The van der Waals surface area contributed by atoms with Crippen molar-refractivity contribution in [3.05, 3.63) is 0 Å². The largest absolute Gasteiger partial charge is 0.480 e. The van der Waals surface area contributed by atoms with Crippen molar-refractivity contribution in [2.75, 3.05) is 27.3 Å². The molecule has 1 aliphatic heterocycles. The Kier molecular flexibility index (Phi) is 5.13. The molecule has 3 atom stereocenters. The SMILES string of the molecule is CCC(C)(NC(=O)N1CC(OC)C(OC)C1)C(=O)O. The minimum Gasteiger partial charge on any atom is -0.480 e. The summed E-state index contributed by atoms with van der Waals surface area (Å²) >= 11 is 0. The molecule has 0 radical (unpaired) electrons. The Hall–Kier alpha value is -1.34. The number of nitrogens with zero attached hydrogens (tertiary/aromatic N) is 1. The third-order valence-corrected chi connectivity index (χ3v) is 3.67. The summed E-state index contributed by atoms with van der Waals surface area (Å²) in [5.74, 6) is -1.05. The summed E-state index contributed by atoms with van der Waals surface area (Å²) in [6, 6.07) is -0.409. The van der Waals surface area contributed by atoms with Gasteiger partial charge in [-0.3, -0.25) is 0 Å². The highest BCUT2D eigenvalue weighted by molar-refractivity contribution is 5.86. The van der Waals surface area contributed by atoms with Crippen LogP contribution in [0.4, 0.5) is 4.79 Å². The summed E-state index contributed by atoms with van der Waals surface area (Å²) in [7, 11) is 3.12. The van der Waals surface area contributed by atoms with Crippen LogP contribution >= 0.6 is 0 Å². The first kappa shape index (κ1) is 15.7. The second-order valence-corrected chi connectivity index (χ2v) is 4.87. The molecule has 0 saturated carbocycles. The van der Waals surface area contributed by atoms with Gasteiger partial charge in [0.2, 0.25) is 0 Å². The van der Waals surface area contributed by atoms with E-state index in [1.807, 2.05) is 0 Å². The zero-order valence-electron chi connectivity index (χ0n) is 11.8. The molecule has 0 aromatic carbocycles. The topological polar surface area (TPSA) is 88.1 Å². The summed E-state index contributed by atoms with van der Waals surface area (Å²) in [5, 5.41) is 11.7. The van der Waals surface area contributed by atoms with Crippen LogP contribution in [0.3, 0.4) is 0 Å². The Labute approximate surface area is 112 Å². The van der Waals surface area contributed by atoms with E-state index in [-0.39, 0.29) is 12.2 Å². The quantitative estimate of drug-likeness (QED) is 0.752. The molecule has 0 aromatic heterocycles. The number of methoxy groups -OCH3 is 2. The van der Waals surface area contributed by atoms with E-state index >= 15 is 0 Å². The minimum absolute atomic E-state index is 0.187. The molecule has 1 saturated heterocycles. The molecule has 1 fully saturated rings. The summed E-state index contributed by atoms with van der Waals surface area (Å²) in [6.07, 6.45) is -0.0644. The normalized spacial score (nSPS) is 26.0. The van der Waals surface area contributed by atoms with E-state index in [1.165, 1.54) is 11.8 Å². The molecule has 19 heavy (non-hydrogen) atoms. The summed E-state index contributed by atoms with van der Waals surface area (Å²) in [5.41, 5.74) is -1.26. The van der Waals surface area contributed by atoms with Crippen molar-refractivity contribution in [3.8, 4) is 0 Å². The number of ether oxygens (including phenoxy) is 2. The predicted molar refractivity (Wildman–Crippen MR) is 68.0 cm³/mol. The highest BCUT2D eigenvalue weighted by Crippen LogP contribution is 2.17. The van der Waals surface area contributed by atoms with Gasteiger partial charge in [0.1, 0.15) is 17.7 Å². The molecule has 7 heteroatoms. The molecule has 2 amide bonds. The molecule has 0 aliphatic carbocycles. The van der Waals surface area contributed by atoms with Crippen LogP contribution in [0, 0.1) is 0 Å². The van der Waals surface area contributed by atoms with Crippen molar-refractivity contribution < 1.29 is 24.2 Å². The maximum absolute atomic E-state index is 12.1. The second-order valence-electron chi connectivity index (χ2n) is 4.87. The molecule has 7 nitrogen and oxygen atoms in total. The van der Waals surface area contributed by atoms with E-state index in [1.54, 1.807) is 21.1 Å². The first-order valence-electron chi connectivity index (χ1n) is 6.24.